The summed E-state index contributed by atoms with van der Waals surface area (Å²) in [5, 5.41) is 0. The fourth-order valence-corrected chi connectivity index (χ4v) is 2.61. The molecule has 0 amide bonds. The van der Waals surface area contributed by atoms with Gasteiger partial charge >= 0.3 is 5.97 Å². The summed E-state index contributed by atoms with van der Waals surface area (Å²) in [7, 11) is 0. The second kappa shape index (κ2) is 7.22. The highest BCUT2D eigenvalue weighted by Crippen LogP contribution is 2.13. The summed E-state index contributed by atoms with van der Waals surface area (Å²) in [6.07, 6.45) is 0.658. The molecule has 0 N–H and O–H groups in total. The largest absolute Gasteiger partial charge is 0.462 e. The van der Waals surface area contributed by atoms with Gasteiger partial charge in [-0.2, -0.15) is 0 Å². The number of rotatable bonds is 5. The van der Waals surface area contributed by atoms with Crippen LogP contribution in [0, 0.1) is 12.7 Å². The lowest BCUT2D eigenvalue weighted by Crippen LogP contribution is -2.31. The predicted octanol–water partition coefficient (Wildman–Crippen LogP) is 3.08. The maximum atomic E-state index is 13.0. The lowest BCUT2D eigenvalue weighted by atomic mass is 10.1. The Kier molecular flexibility index (Phi) is 5.32. The van der Waals surface area contributed by atoms with Crippen molar-refractivity contribution in [2.24, 2.45) is 0 Å². The lowest BCUT2D eigenvalue weighted by Gasteiger charge is -2.16. The number of ether oxygens (including phenoxy) is 1. The van der Waals surface area contributed by atoms with Crippen LogP contribution in [-0.4, -0.2) is 17.1 Å². The Labute approximate surface area is 134 Å². The molecule has 0 spiro atoms. The molecule has 5 heteroatoms. The number of nitrogens with zero attached hydrogens (tertiary/aromatic N) is 1. The number of pyridine rings is 1. The normalized spacial score (nSPS) is 10.6. The van der Waals surface area contributed by atoms with Crippen molar-refractivity contribution in [3.8, 4) is 0 Å². The number of halogens is 1. The third-order valence-electron chi connectivity index (χ3n) is 3.70. The van der Waals surface area contributed by atoms with Gasteiger partial charge in [0.05, 0.1) is 13.2 Å². The van der Waals surface area contributed by atoms with Gasteiger partial charge in [0.25, 0.3) is 5.56 Å². The van der Waals surface area contributed by atoms with Crippen molar-refractivity contribution in [2.75, 3.05) is 6.61 Å². The van der Waals surface area contributed by atoms with Crippen LogP contribution in [0.5, 0.6) is 0 Å². The van der Waals surface area contributed by atoms with E-state index in [1.54, 1.807) is 29.7 Å². The van der Waals surface area contributed by atoms with E-state index in [4.69, 9.17) is 4.74 Å². The smallest absolute Gasteiger partial charge is 0.343 e. The second-order valence-electron chi connectivity index (χ2n) is 5.28. The number of hydrogen-bond donors (Lipinski definition) is 0. The molecule has 122 valence electrons. The number of aromatic nitrogens is 1. The van der Waals surface area contributed by atoms with E-state index in [0.717, 1.165) is 16.8 Å². The lowest BCUT2D eigenvalue weighted by molar-refractivity contribution is 0.0523. The van der Waals surface area contributed by atoms with Gasteiger partial charge in [0, 0.05) is 5.69 Å². The standard InChI is InChI=1S/C18H20FNO3/c1-4-16-12(3)10-15(18(22)23-5-2)17(21)20(16)11-13-6-8-14(19)9-7-13/h6-10H,4-5,11H2,1-3H3. The van der Waals surface area contributed by atoms with Crippen LogP contribution in [0.15, 0.2) is 35.1 Å². The number of carbonyl (C=O) groups is 1. The first-order chi connectivity index (χ1) is 11.0. The summed E-state index contributed by atoms with van der Waals surface area (Å²) < 4.78 is 19.6. The molecule has 0 unspecified atom stereocenters. The Balaban J connectivity index is 2.53. The van der Waals surface area contributed by atoms with Crippen LogP contribution in [0.2, 0.25) is 0 Å². The third-order valence-corrected chi connectivity index (χ3v) is 3.70. The second-order valence-corrected chi connectivity index (χ2v) is 5.28. The molecule has 0 atom stereocenters. The molecule has 0 aliphatic carbocycles. The molecule has 0 saturated heterocycles. The van der Waals surface area contributed by atoms with Gasteiger partial charge in [-0.3, -0.25) is 4.79 Å². The number of benzene rings is 1. The highest BCUT2D eigenvalue weighted by molar-refractivity contribution is 5.89. The molecule has 1 heterocycles. The number of carbonyl (C=O) groups excluding carboxylic acids is 1. The molecule has 0 aliphatic heterocycles. The zero-order chi connectivity index (χ0) is 17.0. The average Bonchev–Trinajstić information content (AvgIpc) is 2.53. The van der Waals surface area contributed by atoms with E-state index in [0.29, 0.717) is 6.42 Å². The van der Waals surface area contributed by atoms with Crippen LogP contribution in [0.4, 0.5) is 4.39 Å². The van der Waals surface area contributed by atoms with Crippen molar-refractivity contribution in [3.05, 3.63) is 68.9 Å². The van der Waals surface area contributed by atoms with Gasteiger partial charge in [-0.25, -0.2) is 9.18 Å². The molecule has 0 fully saturated rings. The molecule has 2 aromatic rings. The van der Waals surface area contributed by atoms with Crippen molar-refractivity contribution in [1.82, 2.24) is 4.57 Å². The van der Waals surface area contributed by atoms with Crippen LogP contribution in [0.3, 0.4) is 0 Å². The summed E-state index contributed by atoms with van der Waals surface area (Å²) in [4.78, 5) is 24.7. The van der Waals surface area contributed by atoms with Crippen LogP contribution in [0.25, 0.3) is 0 Å². The van der Waals surface area contributed by atoms with Crippen LogP contribution < -0.4 is 5.56 Å². The molecule has 0 aliphatic rings. The fourth-order valence-electron chi connectivity index (χ4n) is 2.61. The van der Waals surface area contributed by atoms with Gasteiger partial charge in [0.2, 0.25) is 0 Å². The van der Waals surface area contributed by atoms with Gasteiger partial charge in [-0.05, 0) is 49.6 Å². The molecular weight excluding hydrogens is 297 g/mol. The highest BCUT2D eigenvalue weighted by atomic mass is 19.1. The molecule has 0 bridgehead atoms. The van der Waals surface area contributed by atoms with Crippen molar-refractivity contribution in [2.45, 2.75) is 33.7 Å². The van der Waals surface area contributed by atoms with E-state index in [2.05, 4.69) is 0 Å². The number of aryl methyl sites for hydroxylation is 1. The molecule has 23 heavy (non-hydrogen) atoms. The summed E-state index contributed by atoms with van der Waals surface area (Å²) in [6, 6.07) is 7.56. The molecule has 1 aromatic carbocycles. The van der Waals surface area contributed by atoms with Gasteiger partial charge < -0.3 is 9.30 Å². The van der Waals surface area contributed by atoms with Gasteiger partial charge in [-0.15, -0.1) is 0 Å². The van der Waals surface area contributed by atoms with Crippen molar-refractivity contribution < 1.29 is 13.9 Å². The molecule has 1 aromatic heterocycles. The van der Waals surface area contributed by atoms with E-state index in [-0.39, 0.29) is 30.1 Å². The molecule has 2 rings (SSSR count). The van der Waals surface area contributed by atoms with E-state index in [9.17, 15) is 14.0 Å². The number of esters is 1. The van der Waals surface area contributed by atoms with Gasteiger partial charge in [0.15, 0.2) is 0 Å². The summed E-state index contributed by atoms with van der Waals surface area (Å²) in [6.45, 7) is 6.01. The fraction of sp³-hybridized carbons (Fsp3) is 0.333. The highest BCUT2D eigenvalue weighted by Gasteiger charge is 2.18. The van der Waals surface area contributed by atoms with Crippen LogP contribution in [-0.2, 0) is 17.7 Å². The van der Waals surface area contributed by atoms with Crippen molar-refractivity contribution in [3.63, 3.8) is 0 Å². The van der Waals surface area contributed by atoms with Crippen molar-refractivity contribution >= 4 is 5.97 Å². The quantitative estimate of drug-likeness (QED) is 0.796. The zero-order valence-electron chi connectivity index (χ0n) is 13.6. The molecule has 0 saturated carbocycles. The van der Waals surface area contributed by atoms with E-state index in [1.807, 2.05) is 13.8 Å². The van der Waals surface area contributed by atoms with E-state index >= 15 is 0 Å². The summed E-state index contributed by atoms with van der Waals surface area (Å²) in [5.41, 5.74) is 2.16. The maximum Gasteiger partial charge on any atom is 0.343 e. The third kappa shape index (κ3) is 3.67. The van der Waals surface area contributed by atoms with Crippen molar-refractivity contribution in [1.29, 1.82) is 0 Å². The molecular formula is C18H20FNO3. The molecule has 0 radical (unpaired) electrons. The first-order valence-electron chi connectivity index (χ1n) is 7.62. The predicted molar refractivity (Wildman–Crippen MR) is 86.3 cm³/mol. The Morgan fingerprint density at radius 3 is 2.43 bits per heavy atom. The Morgan fingerprint density at radius 1 is 1.22 bits per heavy atom. The number of hydrogen-bond acceptors (Lipinski definition) is 3. The van der Waals surface area contributed by atoms with E-state index < -0.39 is 5.97 Å². The summed E-state index contributed by atoms with van der Waals surface area (Å²) in [5.74, 6) is -0.940. The van der Waals surface area contributed by atoms with Crippen LogP contribution in [0.1, 0.15) is 41.0 Å². The first kappa shape index (κ1) is 16.9. The van der Waals surface area contributed by atoms with Gasteiger partial charge in [-0.1, -0.05) is 19.1 Å². The molecule has 4 nitrogen and oxygen atoms in total. The summed E-state index contributed by atoms with van der Waals surface area (Å²) >= 11 is 0. The Morgan fingerprint density at radius 2 is 1.87 bits per heavy atom. The Bertz CT molecular complexity index is 763. The SMILES string of the molecule is CCOC(=O)c1cc(C)c(CC)n(Cc2ccc(F)cc2)c1=O. The van der Waals surface area contributed by atoms with E-state index in [1.165, 1.54) is 12.1 Å². The zero-order valence-corrected chi connectivity index (χ0v) is 13.6. The monoisotopic (exact) mass is 317 g/mol. The minimum absolute atomic E-state index is 0.0312. The maximum absolute atomic E-state index is 13.0. The average molecular weight is 317 g/mol. The van der Waals surface area contributed by atoms with Gasteiger partial charge in [0.1, 0.15) is 11.4 Å². The van der Waals surface area contributed by atoms with Crippen LogP contribution >= 0.6 is 0 Å². The minimum Gasteiger partial charge on any atom is -0.462 e. The first-order valence-corrected chi connectivity index (χ1v) is 7.62. The Hall–Kier alpha value is -2.43. The minimum atomic E-state index is -0.615. The topological polar surface area (TPSA) is 48.3 Å².